The van der Waals surface area contributed by atoms with E-state index in [1.807, 2.05) is 0 Å². The molecule has 0 aromatic heterocycles. The van der Waals surface area contributed by atoms with Gasteiger partial charge in [0.15, 0.2) is 16.7 Å². The Hall–Kier alpha value is -3.80. The van der Waals surface area contributed by atoms with E-state index < -0.39 is 29.3 Å². The molecule has 1 amide bonds. The average Bonchev–Trinajstić information content (AvgIpc) is 2.89. The monoisotopic (exact) mass is 553 g/mol. The Morgan fingerprint density at radius 2 is 1.61 bits per heavy atom. The quantitative estimate of drug-likeness (QED) is 0.200. The topological polar surface area (TPSA) is 63.2 Å². The third-order valence-corrected chi connectivity index (χ3v) is 6.30. The minimum atomic E-state index is -4.51. The molecule has 0 saturated heterocycles. The number of amides is 1. The predicted octanol–water partition coefficient (Wildman–Crippen LogP) is 6.37. The lowest BCUT2D eigenvalue weighted by molar-refractivity contribution is -0.137. The molecule has 0 aliphatic carbocycles. The number of rotatable bonds is 8. The van der Waals surface area contributed by atoms with E-state index in [9.17, 15) is 26.7 Å². The molecule has 3 aromatic carbocycles. The number of alkyl halides is 3. The largest absolute Gasteiger partial charge is 0.493 e. The summed E-state index contributed by atoms with van der Waals surface area (Å²) in [5, 5.41) is 2.91. The summed E-state index contributed by atoms with van der Waals surface area (Å²) in [6, 6.07) is 12.5. The number of anilines is 2. The molecule has 1 N–H and O–H groups in total. The highest BCUT2D eigenvalue weighted by Crippen LogP contribution is 2.32. The lowest BCUT2D eigenvalue weighted by Gasteiger charge is -2.18. The maximum Gasteiger partial charge on any atom is 0.416 e. The van der Waals surface area contributed by atoms with Crippen LogP contribution in [0.1, 0.15) is 11.1 Å². The third kappa shape index (κ3) is 7.37. The zero-order chi connectivity index (χ0) is 27.9. The highest BCUT2D eigenvalue weighted by molar-refractivity contribution is 8.13. The van der Waals surface area contributed by atoms with Gasteiger partial charge in [-0.2, -0.15) is 13.2 Å². The molecule has 0 saturated carbocycles. The van der Waals surface area contributed by atoms with Crippen LogP contribution in [0.2, 0.25) is 0 Å². The number of nitrogens with one attached hydrogen (secondary N) is 1. The van der Waals surface area contributed by atoms with Crippen molar-refractivity contribution in [3.63, 3.8) is 0 Å². The first-order valence-electron chi connectivity index (χ1n) is 11.1. The second kappa shape index (κ2) is 12.6. The fourth-order valence-electron chi connectivity index (χ4n) is 3.22. The molecule has 12 heteroatoms. The van der Waals surface area contributed by atoms with Crippen LogP contribution in [0.25, 0.3) is 0 Å². The van der Waals surface area contributed by atoms with Gasteiger partial charge in [0.05, 0.1) is 19.8 Å². The standard InChI is InChI=1S/C26H24F5N3O3S/c1-34(18-11-12-22(36-2)23(13-18)37-3)24(35)14-32-25(38-15-19-20(27)5-4-6-21(19)28)33-17-9-7-16(8-10-17)26(29,30)31/h4-13H,14-15H2,1-3H3,(H,32,33). The maximum absolute atomic E-state index is 14.1. The van der Waals surface area contributed by atoms with E-state index in [4.69, 9.17) is 9.47 Å². The van der Waals surface area contributed by atoms with Crippen molar-refractivity contribution < 1.29 is 36.2 Å². The number of carbonyl (C=O) groups excluding carboxylic acids is 1. The number of ether oxygens (including phenoxy) is 2. The molecule has 0 bridgehead atoms. The number of aliphatic imine (C=N–C) groups is 1. The van der Waals surface area contributed by atoms with Gasteiger partial charge in [-0.1, -0.05) is 17.8 Å². The molecule has 0 aliphatic heterocycles. The van der Waals surface area contributed by atoms with E-state index in [0.717, 1.165) is 36.0 Å². The summed E-state index contributed by atoms with van der Waals surface area (Å²) in [5.41, 5.74) is -0.289. The number of hydrogen-bond donors (Lipinski definition) is 1. The highest BCUT2D eigenvalue weighted by atomic mass is 32.2. The van der Waals surface area contributed by atoms with Gasteiger partial charge >= 0.3 is 6.18 Å². The second-order valence-corrected chi connectivity index (χ2v) is 8.77. The molecule has 0 spiro atoms. The van der Waals surface area contributed by atoms with Crippen molar-refractivity contribution in [3.8, 4) is 11.5 Å². The summed E-state index contributed by atoms with van der Waals surface area (Å²) in [7, 11) is 4.48. The number of likely N-dealkylation sites (N-methyl/N-ethyl adjacent to an activating group) is 1. The number of carbonyl (C=O) groups is 1. The first kappa shape index (κ1) is 28.8. The number of amidine groups is 1. The second-order valence-electron chi connectivity index (χ2n) is 7.80. The van der Waals surface area contributed by atoms with Crippen molar-refractivity contribution in [1.29, 1.82) is 0 Å². The average molecular weight is 554 g/mol. The molecule has 0 unspecified atom stereocenters. The molecule has 0 heterocycles. The smallest absolute Gasteiger partial charge is 0.416 e. The van der Waals surface area contributed by atoms with Crippen LogP contribution in [0.5, 0.6) is 11.5 Å². The SMILES string of the molecule is COc1ccc(N(C)C(=O)CN=C(Nc2ccc(C(F)(F)F)cc2)SCc2c(F)cccc2F)cc1OC. The normalized spacial score (nSPS) is 11.7. The van der Waals surface area contributed by atoms with Crippen LogP contribution in [0, 0.1) is 11.6 Å². The van der Waals surface area contributed by atoms with Crippen LogP contribution in [0.4, 0.5) is 33.3 Å². The summed E-state index contributed by atoms with van der Waals surface area (Å²) in [5.74, 6) is -1.21. The Bertz CT molecular complexity index is 1280. The molecular weight excluding hydrogens is 529 g/mol. The summed E-state index contributed by atoms with van der Waals surface area (Å²) >= 11 is 0.897. The van der Waals surface area contributed by atoms with Crippen molar-refractivity contribution in [2.45, 2.75) is 11.9 Å². The lowest BCUT2D eigenvalue weighted by Crippen LogP contribution is -2.29. The number of nitrogens with zero attached hydrogens (tertiary/aromatic N) is 2. The van der Waals surface area contributed by atoms with Crippen LogP contribution >= 0.6 is 11.8 Å². The van der Waals surface area contributed by atoms with Gasteiger partial charge in [0.25, 0.3) is 0 Å². The lowest BCUT2D eigenvalue weighted by atomic mass is 10.2. The van der Waals surface area contributed by atoms with Gasteiger partial charge in [-0.05, 0) is 48.5 Å². The first-order valence-corrected chi connectivity index (χ1v) is 12.0. The van der Waals surface area contributed by atoms with Crippen LogP contribution < -0.4 is 19.7 Å². The number of benzene rings is 3. The van der Waals surface area contributed by atoms with Gasteiger partial charge in [0.2, 0.25) is 5.91 Å². The van der Waals surface area contributed by atoms with Crippen LogP contribution in [0.3, 0.4) is 0 Å². The molecule has 0 atom stereocenters. The van der Waals surface area contributed by atoms with Crippen molar-refractivity contribution in [2.24, 2.45) is 4.99 Å². The Morgan fingerprint density at radius 3 is 2.18 bits per heavy atom. The van der Waals surface area contributed by atoms with Crippen LogP contribution in [-0.4, -0.2) is 38.9 Å². The first-order chi connectivity index (χ1) is 18.0. The molecule has 0 aliphatic rings. The highest BCUT2D eigenvalue weighted by Gasteiger charge is 2.30. The van der Waals surface area contributed by atoms with Gasteiger partial charge in [-0.15, -0.1) is 0 Å². The molecule has 0 radical (unpaired) electrons. The van der Waals surface area contributed by atoms with Gasteiger partial charge in [-0.3, -0.25) is 9.79 Å². The minimum Gasteiger partial charge on any atom is -0.493 e. The van der Waals surface area contributed by atoms with Crippen molar-refractivity contribution in [3.05, 3.63) is 83.4 Å². The van der Waals surface area contributed by atoms with E-state index >= 15 is 0 Å². The zero-order valence-electron chi connectivity index (χ0n) is 20.6. The van der Waals surface area contributed by atoms with Gasteiger partial charge in [0.1, 0.15) is 18.2 Å². The van der Waals surface area contributed by atoms with Crippen molar-refractivity contribution in [2.75, 3.05) is 38.0 Å². The van der Waals surface area contributed by atoms with Gasteiger partial charge in [0, 0.05) is 35.8 Å². The van der Waals surface area contributed by atoms with Gasteiger partial charge < -0.3 is 19.7 Å². The molecule has 3 rings (SSSR count). The number of thioether (sulfide) groups is 1. The Morgan fingerprint density at radius 1 is 0.974 bits per heavy atom. The van der Waals surface area contributed by atoms with E-state index in [-0.39, 0.29) is 28.7 Å². The zero-order valence-corrected chi connectivity index (χ0v) is 21.4. The van der Waals surface area contributed by atoms with E-state index in [2.05, 4.69) is 10.3 Å². The maximum atomic E-state index is 14.1. The third-order valence-electron chi connectivity index (χ3n) is 5.36. The van der Waals surface area contributed by atoms with E-state index in [1.165, 1.54) is 44.4 Å². The van der Waals surface area contributed by atoms with Crippen LogP contribution in [-0.2, 0) is 16.7 Å². The Labute approximate surface area is 220 Å². The number of methoxy groups -OCH3 is 2. The van der Waals surface area contributed by atoms with Gasteiger partial charge in [-0.25, -0.2) is 8.78 Å². The molecular formula is C26H24F5N3O3S. The molecule has 6 nitrogen and oxygen atoms in total. The summed E-state index contributed by atoms with van der Waals surface area (Å²) in [4.78, 5) is 18.4. The predicted molar refractivity (Wildman–Crippen MR) is 138 cm³/mol. The molecule has 38 heavy (non-hydrogen) atoms. The fraction of sp³-hybridized carbons (Fsp3) is 0.231. The Kier molecular flexibility index (Phi) is 9.56. The number of halogens is 5. The number of hydrogen-bond acceptors (Lipinski definition) is 5. The molecule has 3 aromatic rings. The van der Waals surface area contributed by atoms with Crippen molar-refractivity contribution >= 4 is 34.2 Å². The minimum absolute atomic E-state index is 0.0847. The molecule has 0 fully saturated rings. The molecule has 202 valence electrons. The van der Waals surface area contributed by atoms with E-state index in [0.29, 0.717) is 17.2 Å². The summed E-state index contributed by atoms with van der Waals surface area (Å²) in [6.07, 6.45) is -4.51. The summed E-state index contributed by atoms with van der Waals surface area (Å²) < 4.78 is 77.4. The Balaban J connectivity index is 1.81. The van der Waals surface area contributed by atoms with E-state index in [1.54, 1.807) is 18.2 Å². The fourth-order valence-corrected chi connectivity index (χ4v) is 4.12. The van der Waals surface area contributed by atoms with Crippen LogP contribution in [0.15, 0.2) is 65.7 Å². The summed E-state index contributed by atoms with van der Waals surface area (Å²) in [6.45, 7) is -0.361. The van der Waals surface area contributed by atoms with Crippen molar-refractivity contribution in [1.82, 2.24) is 0 Å².